The summed E-state index contributed by atoms with van der Waals surface area (Å²) in [5, 5.41) is 29.9. The monoisotopic (exact) mass is 246 g/mol. The summed E-state index contributed by atoms with van der Waals surface area (Å²) in [5.41, 5.74) is 4.81. The molecule has 0 bridgehead atoms. The van der Waals surface area contributed by atoms with Crippen LogP contribution in [-0.4, -0.2) is 27.8 Å². The average molecular weight is 247 g/mol. The van der Waals surface area contributed by atoms with E-state index in [4.69, 9.17) is 17.3 Å². The summed E-state index contributed by atoms with van der Waals surface area (Å²) in [6, 6.07) is 3.75. The molecule has 0 fully saturated rings. The SMILES string of the molecule is NCC(O)C(O)c1cc(Cl)ccc1[N+](=O)[O-]. The van der Waals surface area contributed by atoms with Crippen molar-refractivity contribution in [2.75, 3.05) is 6.54 Å². The van der Waals surface area contributed by atoms with Crippen LogP contribution in [0.4, 0.5) is 5.69 Å². The van der Waals surface area contributed by atoms with Crippen LogP contribution in [0.3, 0.4) is 0 Å². The molecule has 2 atom stereocenters. The molecule has 7 heteroatoms. The lowest BCUT2D eigenvalue weighted by Crippen LogP contribution is -2.27. The Morgan fingerprint density at radius 1 is 1.50 bits per heavy atom. The van der Waals surface area contributed by atoms with Gasteiger partial charge in [-0.3, -0.25) is 10.1 Å². The van der Waals surface area contributed by atoms with Crippen molar-refractivity contribution in [2.24, 2.45) is 5.73 Å². The van der Waals surface area contributed by atoms with Gasteiger partial charge in [0, 0.05) is 17.6 Å². The summed E-state index contributed by atoms with van der Waals surface area (Å²) in [6.45, 7) is -0.204. The van der Waals surface area contributed by atoms with E-state index in [1.807, 2.05) is 0 Å². The van der Waals surface area contributed by atoms with Crippen LogP contribution >= 0.6 is 11.6 Å². The first kappa shape index (κ1) is 12.9. The van der Waals surface area contributed by atoms with E-state index in [-0.39, 0.29) is 22.8 Å². The van der Waals surface area contributed by atoms with Crippen LogP contribution in [-0.2, 0) is 0 Å². The molecule has 16 heavy (non-hydrogen) atoms. The number of aliphatic hydroxyl groups excluding tert-OH is 2. The van der Waals surface area contributed by atoms with Gasteiger partial charge in [-0.1, -0.05) is 11.6 Å². The quantitative estimate of drug-likeness (QED) is 0.532. The van der Waals surface area contributed by atoms with Crippen molar-refractivity contribution in [1.29, 1.82) is 0 Å². The third-order valence-electron chi connectivity index (χ3n) is 2.11. The van der Waals surface area contributed by atoms with Crippen molar-refractivity contribution in [2.45, 2.75) is 12.2 Å². The number of nitro groups is 1. The molecule has 0 amide bonds. The Morgan fingerprint density at radius 2 is 2.12 bits per heavy atom. The highest BCUT2D eigenvalue weighted by atomic mass is 35.5. The van der Waals surface area contributed by atoms with Crippen LogP contribution < -0.4 is 5.73 Å². The van der Waals surface area contributed by atoms with Crippen molar-refractivity contribution in [3.8, 4) is 0 Å². The van der Waals surface area contributed by atoms with Crippen molar-refractivity contribution in [3.05, 3.63) is 38.9 Å². The Morgan fingerprint density at radius 3 is 2.62 bits per heavy atom. The molecule has 1 aromatic carbocycles. The summed E-state index contributed by atoms with van der Waals surface area (Å²) in [5.74, 6) is 0. The van der Waals surface area contributed by atoms with E-state index in [1.165, 1.54) is 18.2 Å². The molecule has 6 nitrogen and oxygen atoms in total. The normalized spacial score (nSPS) is 14.5. The number of rotatable bonds is 4. The van der Waals surface area contributed by atoms with Crippen LogP contribution in [0.2, 0.25) is 5.02 Å². The largest absolute Gasteiger partial charge is 0.389 e. The van der Waals surface area contributed by atoms with Crippen molar-refractivity contribution in [1.82, 2.24) is 0 Å². The summed E-state index contributed by atoms with van der Waals surface area (Å²) in [7, 11) is 0. The first-order valence-electron chi connectivity index (χ1n) is 4.47. The smallest absolute Gasteiger partial charge is 0.275 e. The lowest BCUT2D eigenvalue weighted by molar-refractivity contribution is -0.386. The fraction of sp³-hybridized carbons (Fsp3) is 0.333. The Labute approximate surface area is 96.4 Å². The van der Waals surface area contributed by atoms with Gasteiger partial charge in [0.15, 0.2) is 0 Å². The number of nitrogens with zero attached hydrogens (tertiary/aromatic N) is 1. The molecule has 0 saturated heterocycles. The second kappa shape index (κ2) is 5.22. The van der Waals surface area contributed by atoms with E-state index >= 15 is 0 Å². The van der Waals surface area contributed by atoms with Crippen molar-refractivity contribution >= 4 is 17.3 Å². The van der Waals surface area contributed by atoms with Gasteiger partial charge in [-0.2, -0.15) is 0 Å². The molecule has 2 unspecified atom stereocenters. The van der Waals surface area contributed by atoms with Crippen LogP contribution in [0.5, 0.6) is 0 Å². The van der Waals surface area contributed by atoms with Crippen LogP contribution in [0.25, 0.3) is 0 Å². The predicted octanol–water partition coefficient (Wildman–Crippen LogP) is 0.601. The van der Waals surface area contributed by atoms with Crippen LogP contribution in [0.15, 0.2) is 18.2 Å². The standard InChI is InChI=1S/C9H11ClN2O4/c10-5-1-2-7(12(15)16)6(3-5)9(14)8(13)4-11/h1-3,8-9,13-14H,4,11H2. The van der Waals surface area contributed by atoms with E-state index in [0.717, 1.165) is 0 Å². The van der Waals surface area contributed by atoms with E-state index < -0.39 is 17.1 Å². The molecular formula is C9H11ClN2O4. The van der Waals surface area contributed by atoms with Gasteiger partial charge in [0.2, 0.25) is 0 Å². The minimum Gasteiger partial charge on any atom is -0.389 e. The number of nitro benzene ring substituents is 1. The van der Waals surface area contributed by atoms with Gasteiger partial charge in [-0.15, -0.1) is 0 Å². The van der Waals surface area contributed by atoms with E-state index in [9.17, 15) is 20.3 Å². The summed E-state index contributed by atoms with van der Waals surface area (Å²) < 4.78 is 0. The third-order valence-corrected chi connectivity index (χ3v) is 2.35. The number of hydrogen-bond acceptors (Lipinski definition) is 5. The minimum absolute atomic E-state index is 0.0459. The van der Waals surface area contributed by atoms with Gasteiger partial charge in [-0.25, -0.2) is 0 Å². The maximum absolute atomic E-state index is 10.7. The first-order chi connectivity index (χ1) is 7.47. The average Bonchev–Trinajstić information content (AvgIpc) is 2.26. The molecule has 0 aliphatic heterocycles. The number of nitrogens with two attached hydrogens (primary N) is 1. The van der Waals surface area contributed by atoms with Gasteiger partial charge < -0.3 is 15.9 Å². The Bertz CT molecular complexity index is 399. The molecule has 0 aliphatic rings. The number of halogens is 1. The van der Waals surface area contributed by atoms with Crippen molar-refractivity contribution in [3.63, 3.8) is 0 Å². The molecular weight excluding hydrogens is 236 g/mol. The van der Waals surface area contributed by atoms with Gasteiger partial charge in [0.25, 0.3) is 5.69 Å². The first-order valence-corrected chi connectivity index (χ1v) is 4.85. The van der Waals surface area contributed by atoms with Gasteiger partial charge in [0.05, 0.1) is 16.6 Å². The van der Waals surface area contributed by atoms with Gasteiger partial charge in [0.1, 0.15) is 6.10 Å². The number of hydrogen-bond donors (Lipinski definition) is 3. The predicted molar refractivity (Wildman–Crippen MR) is 58.1 cm³/mol. The highest BCUT2D eigenvalue weighted by Crippen LogP contribution is 2.29. The molecule has 0 saturated carbocycles. The minimum atomic E-state index is -1.43. The highest BCUT2D eigenvalue weighted by Gasteiger charge is 2.25. The van der Waals surface area contributed by atoms with Crippen molar-refractivity contribution < 1.29 is 15.1 Å². The Balaban J connectivity index is 3.19. The fourth-order valence-electron chi connectivity index (χ4n) is 1.26. The molecule has 0 aromatic heterocycles. The van der Waals surface area contributed by atoms with Gasteiger partial charge in [-0.05, 0) is 12.1 Å². The number of benzene rings is 1. The van der Waals surface area contributed by atoms with E-state index in [2.05, 4.69) is 0 Å². The van der Waals surface area contributed by atoms with Gasteiger partial charge >= 0.3 is 0 Å². The Hall–Kier alpha value is -1.21. The lowest BCUT2D eigenvalue weighted by atomic mass is 10.0. The van der Waals surface area contributed by atoms with E-state index in [1.54, 1.807) is 0 Å². The molecule has 88 valence electrons. The maximum atomic E-state index is 10.7. The molecule has 1 rings (SSSR count). The molecule has 1 aromatic rings. The molecule has 0 spiro atoms. The zero-order chi connectivity index (χ0) is 12.3. The second-order valence-electron chi connectivity index (χ2n) is 3.21. The molecule has 0 heterocycles. The fourth-order valence-corrected chi connectivity index (χ4v) is 1.45. The topological polar surface area (TPSA) is 110 Å². The second-order valence-corrected chi connectivity index (χ2v) is 3.64. The highest BCUT2D eigenvalue weighted by molar-refractivity contribution is 6.30. The third kappa shape index (κ3) is 2.67. The van der Waals surface area contributed by atoms with Crippen LogP contribution in [0, 0.1) is 10.1 Å². The zero-order valence-electron chi connectivity index (χ0n) is 8.21. The van der Waals surface area contributed by atoms with E-state index in [0.29, 0.717) is 0 Å². The lowest BCUT2D eigenvalue weighted by Gasteiger charge is -2.16. The maximum Gasteiger partial charge on any atom is 0.275 e. The zero-order valence-corrected chi connectivity index (χ0v) is 8.96. The summed E-state index contributed by atoms with van der Waals surface area (Å²) in [4.78, 5) is 10.0. The summed E-state index contributed by atoms with van der Waals surface area (Å²) in [6.07, 6.45) is -2.69. The molecule has 0 aliphatic carbocycles. The molecule has 0 radical (unpaired) electrons. The molecule has 4 N–H and O–H groups in total. The Kier molecular flexibility index (Phi) is 4.19. The van der Waals surface area contributed by atoms with Crippen LogP contribution in [0.1, 0.15) is 11.7 Å². The number of aliphatic hydroxyl groups is 2. The summed E-state index contributed by atoms with van der Waals surface area (Å²) >= 11 is 5.67.